The number of benzene rings is 3. The molecule has 0 fully saturated rings. The van der Waals surface area contributed by atoms with Crippen molar-refractivity contribution in [1.29, 1.82) is 0 Å². The van der Waals surface area contributed by atoms with Crippen LogP contribution in [-0.4, -0.2) is 19.1 Å². The topological polar surface area (TPSA) is 38.8 Å². The molecule has 5 heteroatoms. The molecule has 0 aliphatic carbocycles. The summed E-state index contributed by atoms with van der Waals surface area (Å²) < 4.78 is 13.0. The summed E-state index contributed by atoms with van der Waals surface area (Å²) >= 11 is 2.28. The largest absolute Gasteiger partial charge is 0.490 e. The van der Waals surface area contributed by atoms with Gasteiger partial charge in [-0.15, -0.1) is 0 Å². The molecule has 0 unspecified atom stereocenters. The van der Waals surface area contributed by atoms with Crippen LogP contribution in [0.5, 0.6) is 11.5 Å². The molecule has 0 radical (unpaired) electrons. The van der Waals surface area contributed by atoms with Crippen molar-refractivity contribution in [2.24, 2.45) is 0 Å². The number of carbonyl (C=O) groups excluding carboxylic acids is 1. The number of carbonyl (C=O) groups is 1. The molecule has 1 aliphatic heterocycles. The van der Waals surface area contributed by atoms with Crippen LogP contribution in [0, 0.1) is 10.5 Å². The van der Waals surface area contributed by atoms with Gasteiger partial charge in [0.15, 0.2) is 11.5 Å². The first-order valence-corrected chi connectivity index (χ1v) is 12.4. The molecule has 0 aromatic heterocycles. The Hall–Kier alpha value is -2.80. The van der Waals surface area contributed by atoms with Crippen molar-refractivity contribution in [2.45, 2.75) is 33.8 Å². The van der Waals surface area contributed by atoms with Gasteiger partial charge in [-0.25, -0.2) is 0 Å². The molecule has 170 valence electrons. The Labute approximate surface area is 209 Å². The highest BCUT2D eigenvalue weighted by Crippen LogP contribution is 2.40. The fourth-order valence-corrected chi connectivity index (χ4v) is 4.75. The number of nitrogens with zero attached hydrogens (tertiary/aromatic N) is 1. The van der Waals surface area contributed by atoms with Crippen LogP contribution in [-0.2, 0) is 11.4 Å². The van der Waals surface area contributed by atoms with Gasteiger partial charge in [0.1, 0.15) is 6.61 Å². The fraction of sp³-hybridized carbons (Fsp3) is 0.250. The van der Waals surface area contributed by atoms with E-state index in [0.717, 1.165) is 38.1 Å². The smallest absolute Gasteiger partial charge is 0.258 e. The summed E-state index contributed by atoms with van der Waals surface area (Å²) in [6, 6.07) is 20.3. The van der Waals surface area contributed by atoms with Crippen molar-refractivity contribution in [3.8, 4) is 11.5 Å². The number of aryl methyl sites for hydroxylation is 1. The van der Waals surface area contributed by atoms with E-state index in [1.165, 1.54) is 5.56 Å². The minimum absolute atomic E-state index is 0.0470. The maximum atomic E-state index is 13.2. The number of hydrogen-bond acceptors (Lipinski definition) is 3. The Morgan fingerprint density at radius 1 is 1.00 bits per heavy atom. The number of para-hydroxylation sites is 1. The molecule has 1 heterocycles. The maximum Gasteiger partial charge on any atom is 0.258 e. The van der Waals surface area contributed by atoms with Crippen LogP contribution in [0.2, 0.25) is 0 Å². The van der Waals surface area contributed by atoms with Crippen molar-refractivity contribution < 1.29 is 14.3 Å². The van der Waals surface area contributed by atoms with Crippen molar-refractivity contribution in [3.63, 3.8) is 0 Å². The van der Waals surface area contributed by atoms with Crippen molar-refractivity contribution in [2.75, 3.05) is 18.1 Å². The van der Waals surface area contributed by atoms with E-state index < -0.39 is 0 Å². The van der Waals surface area contributed by atoms with Crippen LogP contribution in [0.1, 0.15) is 42.5 Å². The van der Waals surface area contributed by atoms with Crippen LogP contribution in [0.25, 0.3) is 11.6 Å². The normalized spacial score (nSPS) is 14.0. The quantitative estimate of drug-likeness (QED) is 0.226. The summed E-state index contributed by atoms with van der Waals surface area (Å²) in [5.74, 6) is 1.46. The molecule has 1 aliphatic rings. The minimum Gasteiger partial charge on any atom is -0.490 e. The van der Waals surface area contributed by atoms with Gasteiger partial charge in [0.2, 0.25) is 0 Å². The van der Waals surface area contributed by atoms with Gasteiger partial charge in [0.05, 0.1) is 15.9 Å². The first-order chi connectivity index (χ1) is 16.0. The molecular formula is C28H28INO3. The summed E-state index contributed by atoms with van der Waals surface area (Å²) in [7, 11) is 0. The van der Waals surface area contributed by atoms with Gasteiger partial charge in [-0.2, -0.15) is 0 Å². The molecule has 3 aromatic carbocycles. The lowest BCUT2D eigenvalue weighted by Crippen LogP contribution is -2.26. The van der Waals surface area contributed by atoms with Gasteiger partial charge in [0.25, 0.3) is 5.91 Å². The van der Waals surface area contributed by atoms with E-state index in [9.17, 15) is 4.79 Å². The fourth-order valence-electron chi connectivity index (χ4n) is 3.97. The average Bonchev–Trinajstić information content (AvgIpc) is 3.06. The second-order valence-corrected chi connectivity index (χ2v) is 9.23. The number of hydrogen-bond donors (Lipinski definition) is 0. The molecular weight excluding hydrogens is 525 g/mol. The van der Waals surface area contributed by atoms with Gasteiger partial charge in [-0.3, -0.25) is 4.79 Å². The van der Waals surface area contributed by atoms with Crippen LogP contribution in [0.4, 0.5) is 5.69 Å². The zero-order valence-corrected chi connectivity index (χ0v) is 21.4. The predicted molar refractivity (Wildman–Crippen MR) is 143 cm³/mol. The molecule has 4 nitrogen and oxygen atoms in total. The molecule has 0 saturated carbocycles. The molecule has 4 rings (SSSR count). The van der Waals surface area contributed by atoms with E-state index >= 15 is 0 Å². The molecule has 0 saturated heterocycles. The molecule has 33 heavy (non-hydrogen) atoms. The van der Waals surface area contributed by atoms with Crippen molar-refractivity contribution in [3.05, 3.63) is 86.5 Å². The van der Waals surface area contributed by atoms with Crippen LogP contribution >= 0.6 is 22.6 Å². The Bertz CT molecular complexity index is 1180. The Balaban J connectivity index is 1.67. The molecule has 3 aromatic rings. The van der Waals surface area contributed by atoms with E-state index in [2.05, 4.69) is 60.7 Å². The summed E-state index contributed by atoms with van der Waals surface area (Å²) in [6.07, 6.45) is 2.87. The van der Waals surface area contributed by atoms with E-state index in [1.54, 1.807) is 0 Å². The number of amides is 1. The summed E-state index contributed by atoms with van der Waals surface area (Å²) in [6.45, 7) is 7.83. The lowest BCUT2D eigenvalue weighted by atomic mass is 10.0. The minimum atomic E-state index is 0.0470. The maximum absolute atomic E-state index is 13.2. The predicted octanol–water partition coefficient (Wildman–Crippen LogP) is 6.87. The summed E-state index contributed by atoms with van der Waals surface area (Å²) in [4.78, 5) is 15.1. The highest BCUT2D eigenvalue weighted by molar-refractivity contribution is 14.1. The molecule has 0 spiro atoms. The number of anilines is 1. The molecule has 0 N–H and O–H groups in total. The monoisotopic (exact) mass is 553 g/mol. The van der Waals surface area contributed by atoms with Gasteiger partial charge in [-0.05, 0) is 78.3 Å². The Morgan fingerprint density at radius 2 is 1.76 bits per heavy atom. The van der Waals surface area contributed by atoms with Crippen LogP contribution in [0.15, 0.2) is 60.7 Å². The SMILES string of the molecule is CCCN1C(=O)/C(=C\c2cc(I)c(OCc3ccc(C)cc3)c(OCC)c2)c2ccccc21. The number of rotatable bonds is 8. The van der Waals surface area contributed by atoms with Gasteiger partial charge in [-0.1, -0.05) is 55.0 Å². The number of fused-ring (bicyclic) bond motifs is 1. The van der Waals surface area contributed by atoms with E-state index in [4.69, 9.17) is 9.47 Å². The summed E-state index contributed by atoms with van der Waals surface area (Å²) in [5.41, 5.74) is 5.92. The third-order valence-electron chi connectivity index (χ3n) is 5.55. The second-order valence-electron chi connectivity index (χ2n) is 8.07. The first-order valence-electron chi connectivity index (χ1n) is 11.3. The zero-order chi connectivity index (χ0) is 23.4. The first kappa shape index (κ1) is 23.4. The Morgan fingerprint density at radius 3 is 2.48 bits per heavy atom. The molecule has 1 amide bonds. The molecule has 0 bridgehead atoms. The standard InChI is InChI=1S/C28H28INO3/c1-4-14-30-25-9-7-6-8-22(25)23(28(30)31)15-21-16-24(29)27(26(17-21)32-5-2)33-18-20-12-10-19(3)11-13-20/h6-13,15-17H,4-5,14,18H2,1-3H3/b23-15-. The lowest BCUT2D eigenvalue weighted by Gasteiger charge is -2.16. The number of ether oxygens (including phenoxy) is 2. The van der Waals surface area contributed by atoms with E-state index in [0.29, 0.717) is 31.1 Å². The van der Waals surface area contributed by atoms with Gasteiger partial charge >= 0.3 is 0 Å². The summed E-state index contributed by atoms with van der Waals surface area (Å²) in [5, 5.41) is 0. The van der Waals surface area contributed by atoms with Crippen LogP contribution in [0.3, 0.4) is 0 Å². The highest BCUT2D eigenvalue weighted by Gasteiger charge is 2.31. The highest BCUT2D eigenvalue weighted by atomic mass is 127. The van der Waals surface area contributed by atoms with E-state index in [1.807, 2.05) is 54.3 Å². The average molecular weight is 553 g/mol. The Kier molecular flexibility index (Phi) is 7.38. The van der Waals surface area contributed by atoms with Gasteiger partial charge < -0.3 is 14.4 Å². The molecule has 0 atom stereocenters. The second kappa shape index (κ2) is 10.4. The third kappa shape index (κ3) is 5.08. The van der Waals surface area contributed by atoms with Crippen LogP contribution < -0.4 is 14.4 Å². The third-order valence-corrected chi connectivity index (χ3v) is 6.36. The van der Waals surface area contributed by atoms with Gasteiger partial charge in [0, 0.05) is 17.7 Å². The van der Waals surface area contributed by atoms with Crippen molar-refractivity contribution in [1.82, 2.24) is 0 Å². The van der Waals surface area contributed by atoms with E-state index in [-0.39, 0.29) is 5.91 Å². The lowest BCUT2D eigenvalue weighted by molar-refractivity contribution is -0.113. The van der Waals surface area contributed by atoms with Crippen molar-refractivity contribution >= 4 is 45.8 Å². The zero-order valence-electron chi connectivity index (χ0n) is 19.2. The number of halogens is 1.